The highest BCUT2D eigenvalue weighted by Gasteiger charge is 2.38. The molecule has 2 rings (SSSR count). The van der Waals surface area contributed by atoms with Crippen LogP contribution in [0.3, 0.4) is 0 Å². The number of carbonyl (C=O) groups is 1. The summed E-state index contributed by atoms with van der Waals surface area (Å²) in [4.78, 5) is 14.6. The van der Waals surface area contributed by atoms with Crippen LogP contribution in [0.4, 0.5) is 0 Å². The average Bonchev–Trinajstić information content (AvgIpc) is 2.15. The Kier molecular flexibility index (Phi) is 3.48. The monoisotopic (exact) mass is 221 g/mol. The number of piperidine rings is 2. The molecule has 0 aromatic heterocycles. The minimum Gasteiger partial charge on any atom is -0.300 e. The van der Waals surface area contributed by atoms with E-state index >= 15 is 0 Å². The summed E-state index contributed by atoms with van der Waals surface area (Å²) >= 11 is 0. The summed E-state index contributed by atoms with van der Waals surface area (Å²) in [5.41, 5.74) is 1.01. The third kappa shape index (κ3) is 2.37. The normalized spacial score (nSPS) is 34.8. The topological polar surface area (TPSA) is 20.3 Å². The number of fused-ring (bicyclic) bond motifs is 2. The van der Waals surface area contributed by atoms with Crippen LogP contribution in [0.5, 0.6) is 0 Å². The Balaban J connectivity index is 1.99. The van der Waals surface area contributed by atoms with Gasteiger partial charge in [0.1, 0.15) is 5.78 Å². The molecule has 0 aromatic rings. The van der Waals surface area contributed by atoms with Crippen molar-refractivity contribution in [3.05, 3.63) is 12.2 Å². The molecule has 2 atom stereocenters. The molecule has 2 saturated heterocycles. The number of allylic oxidation sites excluding steroid dienone is 1. The first-order valence-corrected chi connectivity index (χ1v) is 6.47. The maximum atomic E-state index is 12.1. The zero-order valence-corrected chi connectivity index (χ0v) is 10.5. The molecule has 2 nitrogen and oxygen atoms in total. The van der Waals surface area contributed by atoms with Gasteiger partial charge in [0.15, 0.2) is 0 Å². The van der Waals surface area contributed by atoms with E-state index in [0.717, 1.165) is 18.4 Å². The van der Waals surface area contributed by atoms with Gasteiger partial charge in [-0.05, 0) is 39.7 Å². The second kappa shape index (κ2) is 4.70. The van der Waals surface area contributed by atoms with Crippen molar-refractivity contribution in [3.8, 4) is 0 Å². The second-order valence-corrected chi connectivity index (χ2v) is 5.67. The molecule has 0 spiro atoms. The van der Waals surface area contributed by atoms with Crippen LogP contribution < -0.4 is 0 Å². The lowest BCUT2D eigenvalue weighted by Gasteiger charge is -2.46. The molecule has 0 saturated carbocycles. The molecule has 2 fully saturated rings. The lowest BCUT2D eigenvalue weighted by molar-refractivity contribution is -0.125. The quantitative estimate of drug-likeness (QED) is 0.683. The van der Waals surface area contributed by atoms with Crippen molar-refractivity contribution >= 4 is 5.78 Å². The van der Waals surface area contributed by atoms with Crippen molar-refractivity contribution in [1.82, 2.24) is 4.90 Å². The van der Waals surface area contributed by atoms with Crippen molar-refractivity contribution in [2.24, 2.45) is 5.92 Å². The highest BCUT2D eigenvalue weighted by Crippen LogP contribution is 2.36. The minimum absolute atomic E-state index is 0.309. The first-order valence-electron chi connectivity index (χ1n) is 6.47. The van der Waals surface area contributed by atoms with E-state index in [-0.39, 0.29) is 0 Å². The van der Waals surface area contributed by atoms with Gasteiger partial charge in [-0.2, -0.15) is 0 Å². The van der Waals surface area contributed by atoms with E-state index in [4.69, 9.17) is 0 Å². The molecular formula is C14H23NO. The predicted octanol–water partition coefficient (Wildman–Crippen LogP) is 2.78. The van der Waals surface area contributed by atoms with Crippen LogP contribution >= 0.6 is 0 Å². The molecular weight excluding hydrogens is 198 g/mol. The number of hydrogen-bond acceptors (Lipinski definition) is 2. The zero-order chi connectivity index (χ0) is 11.7. The summed E-state index contributed by atoms with van der Waals surface area (Å²) in [5.74, 6) is 0.737. The van der Waals surface area contributed by atoms with Crippen molar-refractivity contribution in [3.63, 3.8) is 0 Å². The molecule has 0 aliphatic carbocycles. The molecule has 2 aliphatic rings. The van der Waals surface area contributed by atoms with Crippen molar-refractivity contribution in [1.29, 1.82) is 0 Å². The largest absolute Gasteiger partial charge is 0.300 e. The molecule has 2 heteroatoms. The van der Waals surface area contributed by atoms with E-state index in [1.165, 1.54) is 19.3 Å². The number of carbonyl (C=O) groups excluding carboxylic acids is 1. The van der Waals surface area contributed by atoms with Crippen LogP contribution in [0.2, 0.25) is 0 Å². The third-order valence-electron chi connectivity index (χ3n) is 4.27. The Labute approximate surface area is 98.7 Å². The minimum atomic E-state index is 0.309. The van der Waals surface area contributed by atoms with E-state index in [9.17, 15) is 4.79 Å². The third-order valence-corrected chi connectivity index (χ3v) is 4.27. The Morgan fingerprint density at radius 2 is 1.88 bits per heavy atom. The van der Waals surface area contributed by atoms with Crippen LogP contribution in [0.1, 0.15) is 45.4 Å². The first-order chi connectivity index (χ1) is 7.58. The maximum Gasteiger partial charge on any atom is 0.140 e. The summed E-state index contributed by atoms with van der Waals surface area (Å²) in [6.07, 6.45) is 6.67. The van der Waals surface area contributed by atoms with E-state index in [0.29, 0.717) is 30.2 Å². The van der Waals surface area contributed by atoms with Crippen molar-refractivity contribution < 1.29 is 4.79 Å². The number of nitrogens with zero attached hydrogens (tertiary/aromatic N) is 1. The Hall–Kier alpha value is -0.630. The molecule has 2 unspecified atom stereocenters. The van der Waals surface area contributed by atoms with Gasteiger partial charge in [0.2, 0.25) is 0 Å². The van der Waals surface area contributed by atoms with E-state index in [1.807, 2.05) is 6.92 Å². The van der Waals surface area contributed by atoms with E-state index in [1.54, 1.807) is 0 Å². The van der Waals surface area contributed by atoms with Crippen molar-refractivity contribution in [2.75, 3.05) is 7.05 Å². The number of rotatable bonds is 3. The molecule has 2 bridgehead atoms. The van der Waals surface area contributed by atoms with Gasteiger partial charge < -0.3 is 4.90 Å². The van der Waals surface area contributed by atoms with Gasteiger partial charge in [0, 0.05) is 24.4 Å². The molecule has 16 heavy (non-hydrogen) atoms. The van der Waals surface area contributed by atoms with Crippen LogP contribution in [0.15, 0.2) is 12.2 Å². The van der Waals surface area contributed by atoms with Gasteiger partial charge >= 0.3 is 0 Å². The van der Waals surface area contributed by atoms with Gasteiger partial charge in [-0.25, -0.2) is 0 Å². The molecule has 0 amide bonds. The van der Waals surface area contributed by atoms with Crippen LogP contribution in [-0.4, -0.2) is 29.8 Å². The summed E-state index contributed by atoms with van der Waals surface area (Å²) < 4.78 is 0. The molecule has 2 aliphatic heterocycles. The molecule has 0 radical (unpaired) electrons. The molecule has 2 heterocycles. The number of ketones is 1. The molecule has 0 N–H and O–H groups in total. The van der Waals surface area contributed by atoms with E-state index < -0.39 is 0 Å². The SMILES string of the molecule is C=C(C)CC(=O)C1CC2CCCC(C1)N2C. The van der Waals surface area contributed by atoms with Gasteiger partial charge in [0.25, 0.3) is 0 Å². The van der Waals surface area contributed by atoms with Gasteiger partial charge in [-0.3, -0.25) is 4.79 Å². The summed E-state index contributed by atoms with van der Waals surface area (Å²) in [6.45, 7) is 5.80. The number of hydrogen-bond donors (Lipinski definition) is 0. The highest BCUT2D eigenvalue weighted by atomic mass is 16.1. The van der Waals surface area contributed by atoms with Gasteiger partial charge in [-0.15, -0.1) is 0 Å². The first kappa shape index (κ1) is 11.8. The Bertz CT molecular complexity index is 283. The average molecular weight is 221 g/mol. The lowest BCUT2D eigenvalue weighted by Crippen LogP contribution is -2.51. The summed E-state index contributed by atoms with van der Waals surface area (Å²) in [5, 5.41) is 0. The smallest absolute Gasteiger partial charge is 0.140 e. The summed E-state index contributed by atoms with van der Waals surface area (Å²) in [6, 6.07) is 1.32. The van der Waals surface area contributed by atoms with Gasteiger partial charge in [0.05, 0.1) is 0 Å². The fourth-order valence-electron chi connectivity index (χ4n) is 3.32. The van der Waals surface area contributed by atoms with Crippen molar-refractivity contribution in [2.45, 2.75) is 57.5 Å². The Morgan fingerprint density at radius 1 is 1.31 bits per heavy atom. The molecule has 0 aromatic carbocycles. The number of Topliss-reactive ketones (excluding diaryl/α,β-unsaturated/α-hetero) is 1. The maximum absolute atomic E-state index is 12.1. The standard InChI is InChI=1S/C14H23NO/c1-10(2)7-14(16)11-8-12-5-4-6-13(9-11)15(12)3/h11-13H,1,4-9H2,2-3H3. The fraction of sp³-hybridized carbons (Fsp3) is 0.786. The van der Waals surface area contributed by atoms with Gasteiger partial charge in [-0.1, -0.05) is 18.6 Å². The Morgan fingerprint density at radius 3 is 2.38 bits per heavy atom. The zero-order valence-electron chi connectivity index (χ0n) is 10.5. The lowest BCUT2D eigenvalue weighted by atomic mass is 9.76. The van der Waals surface area contributed by atoms with Crippen LogP contribution in [-0.2, 0) is 4.79 Å². The van der Waals surface area contributed by atoms with E-state index in [2.05, 4.69) is 18.5 Å². The summed E-state index contributed by atoms with van der Waals surface area (Å²) in [7, 11) is 2.23. The van der Waals surface area contributed by atoms with Crippen LogP contribution in [0, 0.1) is 5.92 Å². The fourth-order valence-corrected chi connectivity index (χ4v) is 3.32. The van der Waals surface area contributed by atoms with Crippen LogP contribution in [0.25, 0.3) is 0 Å². The highest BCUT2D eigenvalue weighted by molar-refractivity contribution is 5.83. The molecule has 90 valence electrons. The second-order valence-electron chi connectivity index (χ2n) is 5.67. The predicted molar refractivity (Wildman–Crippen MR) is 66.4 cm³/mol.